The van der Waals surface area contributed by atoms with E-state index in [1.807, 2.05) is 13.0 Å². The van der Waals surface area contributed by atoms with E-state index in [9.17, 15) is 19.2 Å². The Balaban J connectivity index is 1.30. The van der Waals surface area contributed by atoms with Gasteiger partial charge >= 0.3 is 0 Å². The van der Waals surface area contributed by atoms with Crippen LogP contribution in [0.1, 0.15) is 49.4 Å². The molecular formula is C26H28N4O5. The van der Waals surface area contributed by atoms with Crippen molar-refractivity contribution in [2.24, 2.45) is 0 Å². The Morgan fingerprint density at radius 3 is 2.60 bits per heavy atom. The van der Waals surface area contributed by atoms with Gasteiger partial charge in [0.15, 0.2) is 0 Å². The highest BCUT2D eigenvalue weighted by atomic mass is 16.5. The molecule has 0 radical (unpaired) electrons. The molecule has 35 heavy (non-hydrogen) atoms. The summed E-state index contributed by atoms with van der Waals surface area (Å²) in [6.07, 6.45) is 2.26. The standard InChI is InChI=1S/C26H28N4O5/c1-26-13-11-24(33)30(26)19-7-4-3-6-18(19)25(34)29(26)15-12-22(31)27-17-9-10-20(21(16-17)35-2)28-14-5-8-23(28)32/h3-4,6-7,9-10,16H,5,8,11-15H2,1-2H3,(H,27,31). The van der Waals surface area contributed by atoms with Gasteiger partial charge in [-0.3, -0.25) is 24.1 Å². The number of methoxy groups -OCH3 is 1. The van der Waals surface area contributed by atoms with Crippen molar-refractivity contribution < 1.29 is 23.9 Å². The third-order valence-electron chi connectivity index (χ3n) is 7.14. The third-order valence-corrected chi connectivity index (χ3v) is 7.14. The molecule has 9 nitrogen and oxygen atoms in total. The number of hydrogen-bond donors (Lipinski definition) is 1. The quantitative estimate of drug-likeness (QED) is 0.691. The molecule has 3 heterocycles. The average molecular weight is 477 g/mol. The van der Waals surface area contributed by atoms with Gasteiger partial charge in [-0.15, -0.1) is 0 Å². The number of carbonyl (C=O) groups is 4. The minimum atomic E-state index is -0.796. The zero-order valence-corrected chi connectivity index (χ0v) is 19.9. The normalized spacial score (nSPS) is 21.3. The Hall–Kier alpha value is -3.88. The minimum Gasteiger partial charge on any atom is -0.494 e. The fourth-order valence-electron chi connectivity index (χ4n) is 5.36. The van der Waals surface area contributed by atoms with Gasteiger partial charge < -0.3 is 19.9 Å². The molecule has 2 aromatic rings. The summed E-state index contributed by atoms with van der Waals surface area (Å²) in [6.45, 7) is 2.70. The first-order chi connectivity index (χ1) is 16.8. The Kier molecular flexibility index (Phi) is 5.70. The Morgan fingerprint density at radius 1 is 1.06 bits per heavy atom. The molecular weight excluding hydrogens is 448 g/mol. The van der Waals surface area contributed by atoms with Crippen LogP contribution >= 0.6 is 0 Å². The molecule has 5 rings (SSSR count). The number of fused-ring (bicyclic) bond motifs is 3. The summed E-state index contributed by atoms with van der Waals surface area (Å²) in [6, 6.07) is 12.3. The number of hydrogen-bond acceptors (Lipinski definition) is 5. The SMILES string of the molecule is COc1cc(NC(=O)CCN2C(=O)c3ccccc3N3C(=O)CCC23C)ccc1N1CCCC1=O. The molecule has 0 bridgehead atoms. The van der Waals surface area contributed by atoms with Gasteiger partial charge in [0, 0.05) is 44.1 Å². The Morgan fingerprint density at radius 2 is 1.86 bits per heavy atom. The van der Waals surface area contributed by atoms with Crippen LogP contribution < -0.4 is 19.9 Å². The first-order valence-electron chi connectivity index (χ1n) is 11.9. The van der Waals surface area contributed by atoms with Crippen molar-refractivity contribution in [3.63, 3.8) is 0 Å². The fraction of sp³-hybridized carbons (Fsp3) is 0.385. The van der Waals surface area contributed by atoms with E-state index in [0.717, 1.165) is 6.42 Å². The second-order valence-corrected chi connectivity index (χ2v) is 9.25. The van der Waals surface area contributed by atoms with E-state index in [1.54, 1.807) is 51.1 Å². The summed E-state index contributed by atoms with van der Waals surface area (Å²) in [5.74, 6) is 0.103. The largest absolute Gasteiger partial charge is 0.494 e. The van der Waals surface area contributed by atoms with E-state index >= 15 is 0 Å². The van der Waals surface area contributed by atoms with Gasteiger partial charge in [-0.2, -0.15) is 0 Å². The van der Waals surface area contributed by atoms with Crippen LogP contribution in [-0.4, -0.2) is 54.4 Å². The third kappa shape index (κ3) is 3.80. The molecule has 9 heteroatoms. The van der Waals surface area contributed by atoms with Crippen molar-refractivity contribution >= 4 is 40.7 Å². The highest BCUT2D eigenvalue weighted by Gasteiger charge is 2.52. The maximum atomic E-state index is 13.3. The van der Waals surface area contributed by atoms with Crippen molar-refractivity contribution in [2.45, 2.75) is 44.7 Å². The number of rotatable bonds is 6. The number of benzene rings is 2. The zero-order valence-electron chi connectivity index (χ0n) is 19.9. The number of nitrogens with one attached hydrogen (secondary N) is 1. The summed E-state index contributed by atoms with van der Waals surface area (Å²) >= 11 is 0. The van der Waals surface area contributed by atoms with Gasteiger partial charge in [0.1, 0.15) is 11.4 Å². The van der Waals surface area contributed by atoms with Crippen molar-refractivity contribution in [1.29, 1.82) is 0 Å². The molecule has 0 saturated carbocycles. The molecule has 0 spiro atoms. The van der Waals surface area contributed by atoms with Crippen LogP contribution in [0.5, 0.6) is 5.75 Å². The summed E-state index contributed by atoms with van der Waals surface area (Å²) in [7, 11) is 1.53. The first kappa shape index (κ1) is 22.9. The van der Waals surface area contributed by atoms with Crippen molar-refractivity contribution in [3.8, 4) is 5.75 Å². The molecule has 3 aliphatic rings. The molecule has 2 saturated heterocycles. The zero-order chi connectivity index (χ0) is 24.7. The predicted octanol–water partition coefficient (Wildman–Crippen LogP) is 3.15. The fourth-order valence-corrected chi connectivity index (χ4v) is 5.36. The van der Waals surface area contributed by atoms with E-state index in [0.29, 0.717) is 54.2 Å². The van der Waals surface area contributed by atoms with Crippen LogP contribution in [0.2, 0.25) is 0 Å². The molecule has 2 aromatic carbocycles. The molecule has 0 aromatic heterocycles. The van der Waals surface area contributed by atoms with Gasteiger partial charge in [-0.25, -0.2) is 0 Å². The van der Waals surface area contributed by atoms with Crippen molar-refractivity contribution in [1.82, 2.24) is 4.90 Å². The van der Waals surface area contributed by atoms with Crippen molar-refractivity contribution in [2.75, 3.05) is 35.3 Å². The number of amides is 4. The van der Waals surface area contributed by atoms with Gasteiger partial charge in [0.2, 0.25) is 17.7 Å². The molecule has 1 atom stereocenters. The van der Waals surface area contributed by atoms with E-state index in [1.165, 1.54) is 7.11 Å². The number of ether oxygens (including phenoxy) is 1. The Labute approximate surface area is 203 Å². The number of nitrogens with zero attached hydrogens (tertiary/aromatic N) is 3. The highest BCUT2D eigenvalue weighted by Crippen LogP contribution is 2.44. The summed E-state index contributed by atoms with van der Waals surface area (Å²) < 4.78 is 5.47. The second kappa shape index (κ2) is 8.72. The van der Waals surface area contributed by atoms with Gasteiger partial charge in [-0.1, -0.05) is 12.1 Å². The van der Waals surface area contributed by atoms with Crippen LogP contribution in [0.4, 0.5) is 17.1 Å². The molecule has 0 aliphatic carbocycles. The van der Waals surface area contributed by atoms with E-state index < -0.39 is 5.66 Å². The number of para-hydroxylation sites is 1. The molecule has 3 aliphatic heterocycles. The van der Waals surface area contributed by atoms with Crippen LogP contribution in [0.15, 0.2) is 42.5 Å². The van der Waals surface area contributed by atoms with Crippen LogP contribution in [0.3, 0.4) is 0 Å². The van der Waals surface area contributed by atoms with Gasteiger partial charge in [0.05, 0.1) is 24.0 Å². The predicted molar refractivity (Wildman–Crippen MR) is 130 cm³/mol. The molecule has 1 N–H and O–H groups in total. The highest BCUT2D eigenvalue weighted by molar-refractivity contribution is 6.10. The lowest BCUT2D eigenvalue weighted by Gasteiger charge is -2.48. The molecule has 4 amide bonds. The first-order valence-corrected chi connectivity index (χ1v) is 11.9. The second-order valence-electron chi connectivity index (χ2n) is 9.25. The van der Waals surface area contributed by atoms with E-state index in [2.05, 4.69) is 5.32 Å². The van der Waals surface area contributed by atoms with Crippen LogP contribution in [0.25, 0.3) is 0 Å². The average Bonchev–Trinajstić information content (AvgIpc) is 3.41. The van der Waals surface area contributed by atoms with Crippen molar-refractivity contribution in [3.05, 3.63) is 48.0 Å². The molecule has 2 fully saturated rings. The monoisotopic (exact) mass is 476 g/mol. The van der Waals surface area contributed by atoms with Crippen LogP contribution in [0, 0.1) is 0 Å². The van der Waals surface area contributed by atoms with Gasteiger partial charge in [-0.05, 0) is 44.0 Å². The smallest absolute Gasteiger partial charge is 0.257 e. The minimum absolute atomic E-state index is 0.0226. The number of anilines is 3. The summed E-state index contributed by atoms with van der Waals surface area (Å²) in [5.41, 5.74) is 1.53. The summed E-state index contributed by atoms with van der Waals surface area (Å²) in [4.78, 5) is 56.0. The summed E-state index contributed by atoms with van der Waals surface area (Å²) in [5, 5.41) is 2.86. The maximum absolute atomic E-state index is 13.3. The molecule has 182 valence electrons. The lowest BCUT2D eigenvalue weighted by molar-refractivity contribution is -0.118. The lowest BCUT2D eigenvalue weighted by Crippen LogP contribution is -2.62. The lowest BCUT2D eigenvalue weighted by atomic mass is 9.98. The van der Waals surface area contributed by atoms with Crippen LogP contribution in [-0.2, 0) is 14.4 Å². The van der Waals surface area contributed by atoms with Gasteiger partial charge in [0.25, 0.3) is 5.91 Å². The van der Waals surface area contributed by atoms with E-state index in [-0.39, 0.29) is 36.6 Å². The molecule has 1 unspecified atom stereocenters. The Bertz CT molecular complexity index is 1230. The number of carbonyl (C=O) groups excluding carboxylic acids is 4. The van der Waals surface area contributed by atoms with E-state index in [4.69, 9.17) is 4.74 Å². The topological polar surface area (TPSA) is 99.3 Å². The maximum Gasteiger partial charge on any atom is 0.257 e.